The number of anilines is 1. The Balaban J connectivity index is 1.62. The van der Waals surface area contributed by atoms with Crippen molar-refractivity contribution < 1.29 is 27.9 Å². The van der Waals surface area contributed by atoms with Crippen LogP contribution in [0.2, 0.25) is 0 Å². The van der Waals surface area contributed by atoms with Gasteiger partial charge >= 0.3 is 0 Å². The average molecular weight is 586 g/mol. The number of aliphatic hydroxyl groups is 1. The number of rotatable bonds is 9. The maximum atomic E-state index is 13.4. The molecule has 3 aromatic rings. The molecule has 0 saturated heterocycles. The van der Waals surface area contributed by atoms with Crippen LogP contribution in [0.4, 0.5) is 5.69 Å². The topological polar surface area (TPSA) is 160 Å². The number of tetrazole rings is 1. The van der Waals surface area contributed by atoms with E-state index in [0.29, 0.717) is 17.0 Å². The van der Waals surface area contributed by atoms with Crippen molar-refractivity contribution in [1.82, 2.24) is 29.4 Å². The largest absolute Gasteiger partial charge is 0.488 e. The number of carbonyl (C=O) groups excluding carboxylic acids is 2. The molecule has 0 aliphatic carbocycles. The molecular weight excluding hydrogens is 550 g/mol. The number of aliphatic hydroxyl groups excluding tert-OH is 1. The van der Waals surface area contributed by atoms with Crippen LogP contribution in [0.25, 0.3) is 0 Å². The van der Waals surface area contributed by atoms with E-state index in [1.807, 2.05) is 13.8 Å². The maximum Gasteiger partial charge on any atom is 0.246 e. The quantitative estimate of drug-likeness (QED) is 0.375. The second-order valence-corrected chi connectivity index (χ2v) is 12.4. The summed E-state index contributed by atoms with van der Waals surface area (Å²) in [5.74, 6) is -0.460. The molecule has 4 rings (SSSR count). The van der Waals surface area contributed by atoms with Crippen LogP contribution in [0.1, 0.15) is 25.0 Å². The van der Waals surface area contributed by atoms with Crippen molar-refractivity contribution in [3.05, 3.63) is 59.9 Å². The van der Waals surface area contributed by atoms with Crippen LogP contribution in [-0.2, 0) is 32.6 Å². The van der Waals surface area contributed by atoms with Gasteiger partial charge in [-0.25, -0.2) is 13.1 Å². The second-order valence-electron chi connectivity index (χ2n) is 10.4. The van der Waals surface area contributed by atoms with E-state index < -0.39 is 22.2 Å². The van der Waals surface area contributed by atoms with Gasteiger partial charge in [0.25, 0.3) is 0 Å². The van der Waals surface area contributed by atoms with Crippen LogP contribution in [0.5, 0.6) is 5.75 Å². The number of likely N-dealkylation sites (N-methyl/N-ethyl adjacent to an activating group) is 1. The van der Waals surface area contributed by atoms with Gasteiger partial charge in [0.05, 0.1) is 30.5 Å². The highest BCUT2D eigenvalue weighted by Gasteiger charge is 2.33. The molecule has 13 nitrogen and oxygen atoms in total. The summed E-state index contributed by atoms with van der Waals surface area (Å²) in [6.45, 7) is 5.48. The minimum Gasteiger partial charge on any atom is -0.488 e. The van der Waals surface area contributed by atoms with Gasteiger partial charge in [-0.3, -0.25) is 9.59 Å². The summed E-state index contributed by atoms with van der Waals surface area (Å²) < 4.78 is 35.6. The standard InChI is InChI=1S/C27H35N7O6S/c1-18-5-8-23(9-6-18)41(38,39)32(4)14-25-19(2)13-34(20(3)16-35)27(37)12-21-11-22(7-10-24(21)40-25)29-26(36)15-33-17-28-30-31-33/h5-11,17,19-20,25,35H,12-16H2,1-4H3,(H,29,36)/t19-,20+,25-/m1/s1. The second kappa shape index (κ2) is 12.7. The van der Waals surface area contributed by atoms with Gasteiger partial charge in [0.2, 0.25) is 21.8 Å². The Morgan fingerprint density at radius 1 is 1.24 bits per heavy atom. The zero-order chi connectivity index (χ0) is 29.7. The van der Waals surface area contributed by atoms with Crippen molar-refractivity contribution in [2.24, 2.45) is 5.92 Å². The van der Waals surface area contributed by atoms with Crippen LogP contribution in [0.3, 0.4) is 0 Å². The molecule has 3 atom stereocenters. The summed E-state index contributed by atoms with van der Waals surface area (Å²) in [5.41, 5.74) is 1.92. The van der Waals surface area contributed by atoms with Crippen molar-refractivity contribution >= 4 is 27.5 Å². The van der Waals surface area contributed by atoms with Crippen LogP contribution < -0.4 is 10.1 Å². The Kier molecular flexibility index (Phi) is 9.35. The molecule has 0 radical (unpaired) electrons. The molecule has 14 heteroatoms. The molecule has 2 amide bonds. The lowest BCUT2D eigenvalue weighted by Crippen LogP contribution is -2.48. The number of carbonyl (C=O) groups is 2. The number of benzene rings is 2. The molecule has 0 bridgehead atoms. The van der Waals surface area contributed by atoms with Gasteiger partial charge in [0.15, 0.2) is 0 Å². The summed E-state index contributed by atoms with van der Waals surface area (Å²) in [7, 11) is -2.30. The number of nitrogens with zero attached hydrogens (tertiary/aromatic N) is 6. The zero-order valence-electron chi connectivity index (χ0n) is 23.5. The van der Waals surface area contributed by atoms with Crippen LogP contribution in [-0.4, -0.2) is 93.6 Å². The molecule has 1 aromatic heterocycles. The first kappa shape index (κ1) is 30.1. The number of sulfonamides is 1. The van der Waals surface area contributed by atoms with Gasteiger partial charge in [-0.2, -0.15) is 4.31 Å². The number of amides is 2. The van der Waals surface area contributed by atoms with Crippen molar-refractivity contribution in [2.75, 3.05) is 32.1 Å². The first-order valence-corrected chi connectivity index (χ1v) is 14.7. The molecule has 0 unspecified atom stereocenters. The van der Waals surface area contributed by atoms with E-state index in [1.165, 1.54) is 22.4 Å². The van der Waals surface area contributed by atoms with Crippen LogP contribution in [0, 0.1) is 12.8 Å². The SMILES string of the molecule is Cc1ccc(S(=O)(=O)N(C)C[C@H]2Oc3ccc(NC(=O)Cn4cnnn4)cc3CC(=O)N([C@@H](C)CO)C[C@H]2C)cc1. The number of aryl methyl sites for hydroxylation is 1. The number of hydrogen-bond donors (Lipinski definition) is 2. The van der Waals surface area contributed by atoms with Gasteiger partial charge in [0.1, 0.15) is 24.7 Å². The summed E-state index contributed by atoms with van der Waals surface area (Å²) in [6.07, 6.45) is 0.663. The minimum atomic E-state index is -3.80. The molecule has 1 aliphatic rings. The van der Waals surface area contributed by atoms with Crippen LogP contribution in [0.15, 0.2) is 53.7 Å². The number of aromatic nitrogens is 4. The van der Waals surface area contributed by atoms with Crippen molar-refractivity contribution in [3.8, 4) is 5.75 Å². The van der Waals surface area contributed by atoms with E-state index in [4.69, 9.17) is 4.74 Å². The fraction of sp³-hybridized carbons (Fsp3) is 0.444. The summed E-state index contributed by atoms with van der Waals surface area (Å²) >= 11 is 0. The van der Waals surface area contributed by atoms with E-state index in [0.717, 1.165) is 5.56 Å². The first-order chi connectivity index (χ1) is 19.5. The van der Waals surface area contributed by atoms with E-state index in [2.05, 4.69) is 20.8 Å². The lowest BCUT2D eigenvalue weighted by molar-refractivity contribution is -0.134. The minimum absolute atomic E-state index is 0.0246. The molecule has 0 spiro atoms. The third-order valence-corrected chi connectivity index (χ3v) is 8.90. The fourth-order valence-electron chi connectivity index (χ4n) is 4.57. The van der Waals surface area contributed by atoms with Crippen molar-refractivity contribution in [2.45, 2.75) is 50.8 Å². The highest BCUT2D eigenvalue weighted by molar-refractivity contribution is 7.89. The van der Waals surface area contributed by atoms with E-state index in [9.17, 15) is 23.1 Å². The first-order valence-electron chi connectivity index (χ1n) is 13.2. The molecule has 2 aromatic carbocycles. The lowest BCUT2D eigenvalue weighted by Gasteiger charge is -2.33. The average Bonchev–Trinajstić information content (AvgIpc) is 3.45. The Labute approximate surface area is 239 Å². The van der Waals surface area contributed by atoms with Crippen molar-refractivity contribution in [1.29, 1.82) is 0 Å². The third kappa shape index (κ3) is 7.26. The van der Waals surface area contributed by atoms with Crippen LogP contribution >= 0.6 is 0 Å². The monoisotopic (exact) mass is 585 g/mol. The highest BCUT2D eigenvalue weighted by Crippen LogP contribution is 2.30. The molecule has 2 N–H and O–H groups in total. The van der Waals surface area contributed by atoms with E-state index in [-0.39, 0.29) is 55.3 Å². The highest BCUT2D eigenvalue weighted by atomic mass is 32.2. The molecule has 220 valence electrons. The van der Waals surface area contributed by atoms with E-state index in [1.54, 1.807) is 54.3 Å². The molecule has 0 saturated carbocycles. The summed E-state index contributed by atoms with van der Waals surface area (Å²) in [5, 5.41) is 23.3. The molecular formula is C27H35N7O6S. The predicted molar refractivity (Wildman–Crippen MR) is 149 cm³/mol. The fourth-order valence-corrected chi connectivity index (χ4v) is 5.75. The number of ether oxygens (including phenoxy) is 1. The number of fused-ring (bicyclic) bond motifs is 1. The molecule has 0 fully saturated rings. The summed E-state index contributed by atoms with van der Waals surface area (Å²) in [6, 6.07) is 11.2. The van der Waals surface area contributed by atoms with E-state index >= 15 is 0 Å². The zero-order valence-corrected chi connectivity index (χ0v) is 24.3. The van der Waals surface area contributed by atoms with Crippen molar-refractivity contribution in [3.63, 3.8) is 0 Å². The Morgan fingerprint density at radius 3 is 2.63 bits per heavy atom. The molecule has 1 aliphatic heterocycles. The van der Waals surface area contributed by atoms with Gasteiger partial charge in [-0.05, 0) is 54.6 Å². The third-order valence-electron chi connectivity index (χ3n) is 7.06. The lowest BCUT2D eigenvalue weighted by atomic mass is 10.0. The van der Waals surface area contributed by atoms with Gasteiger partial charge in [-0.15, -0.1) is 5.10 Å². The molecule has 41 heavy (non-hydrogen) atoms. The maximum absolute atomic E-state index is 13.4. The Hall–Kier alpha value is -3.88. The number of nitrogens with one attached hydrogen (secondary N) is 1. The smallest absolute Gasteiger partial charge is 0.246 e. The summed E-state index contributed by atoms with van der Waals surface area (Å²) in [4.78, 5) is 27.7. The van der Waals surface area contributed by atoms with Gasteiger partial charge in [0, 0.05) is 30.8 Å². The number of hydrogen-bond acceptors (Lipinski definition) is 9. The Bertz CT molecular complexity index is 1460. The normalized spacial score (nSPS) is 18.6. The predicted octanol–water partition coefficient (Wildman–Crippen LogP) is 1.09. The Morgan fingerprint density at radius 2 is 1.98 bits per heavy atom. The molecule has 2 heterocycles. The van der Waals surface area contributed by atoms with Gasteiger partial charge in [-0.1, -0.05) is 24.6 Å². The van der Waals surface area contributed by atoms with Gasteiger partial charge < -0.3 is 20.1 Å².